The third-order valence-electron chi connectivity index (χ3n) is 10.7. The third-order valence-corrected chi connectivity index (χ3v) is 10.7. The molecule has 0 radical (unpaired) electrons. The van der Waals surface area contributed by atoms with Crippen molar-refractivity contribution in [2.24, 2.45) is 14.1 Å². The van der Waals surface area contributed by atoms with E-state index < -0.39 is 0 Å². The molecule has 0 atom stereocenters. The number of hydrogen-bond acceptors (Lipinski definition) is 9. The van der Waals surface area contributed by atoms with Gasteiger partial charge in [0.1, 0.15) is 17.0 Å². The highest BCUT2D eigenvalue weighted by molar-refractivity contribution is 6.00. The molecule has 0 unspecified atom stereocenters. The van der Waals surface area contributed by atoms with Crippen LogP contribution in [0.2, 0.25) is 0 Å². The summed E-state index contributed by atoms with van der Waals surface area (Å²) in [6, 6.07) is 29.0. The predicted molar refractivity (Wildman–Crippen MR) is 239 cm³/mol. The molecule has 10 aromatic rings. The summed E-state index contributed by atoms with van der Waals surface area (Å²) in [5.74, 6) is 1.51. The van der Waals surface area contributed by atoms with Crippen LogP contribution in [0.1, 0.15) is 29.8 Å². The van der Waals surface area contributed by atoms with Crippen molar-refractivity contribution in [2.45, 2.75) is 34.6 Å². The lowest BCUT2D eigenvalue weighted by Crippen LogP contribution is -2.00. The summed E-state index contributed by atoms with van der Waals surface area (Å²) < 4.78 is 20.2. The van der Waals surface area contributed by atoms with Crippen molar-refractivity contribution >= 4 is 34.5 Å². The number of halogens is 1. The summed E-state index contributed by atoms with van der Waals surface area (Å²) in [6.07, 6.45) is 3.75. The first-order chi connectivity index (χ1) is 29.1. The SMILES string of the molecule is CCOc1nc2c(-c3c(-c4ccccc4)cnn3C)cc(-c3c(C)noc3C)cc2[nH]1.Cc1noc(C)c1-c1cc(-c2c(-c3ccccc3)cnn2C)c2[nH]c(=O)[nH]c2c1.Cl. The van der Waals surface area contributed by atoms with Crippen LogP contribution >= 0.6 is 12.4 Å². The monoisotopic (exact) mass is 834 g/mol. The summed E-state index contributed by atoms with van der Waals surface area (Å²) in [5, 5.41) is 17.3. The zero-order valence-corrected chi connectivity index (χ0v) is 35.4. The first-order valence-electron chi connectivity index (χ1n) is 19.5. The largest absolute Gasteiger partial charge is 0.465 e. The maximum absolute atomic E-state index is 12.1. The summed E-state index contributed by atoms with van der Waals surface area (Å²) in [4.78, 5) is 26.0. The van der Waals surface area contributed by atoms with Crippen LogP contribution in [-0.4, -0.2) is 56.4 Å². The highest BCUT2D eigenvalue weighted by Gasteiger charge is 2.23. The Balaban J connectivity index is 0.000000166. The smallest absolute Gasteiger partial charge is 0.323 e. The molecule has 4 aromatic carbocycles. The molecule has 0 aliphatic carbocycles. The Morgan fingerprint density at radius 1 is 0.623 bits per heavy atom. The van der Waals surface area contributed by atoms with Gasteiger partial charge < -0.3 is 28.7 Å². The number of fused-ring (bicyclic) bond motifs is 2. The average Bonchev–Trinajstić information content (AvgIpc) is 4.11. The fourth-order valence-corrected chi connectivity index (χ4v) is 8.06. The molecule has 0 aliphatic rings. The molecular formula is C46H43ClN10O4. The van der Waals surface area contributed by atoms with Crippen molar-refractivity contribution in [2.75, 3.05) is 6.61 Å². The van der Waals surface area contributed by atoms with E-state index in [9.17, 15) is 4.79 Å². The van der Waals surface area contributed by atoms with Crippen LogP contribution in [0.3, 0.4) is 0 Å². The Labute approximate surface area is 356 Å². The first-order valence-corrected chi connectivity index (χ1v) is 19.5. The molecule has 0 spiro atoms. The molecule has 6 heterocycles. The van der Waals surface area contributed by atoms with Crippen LogP contribution in [0.5, 0.6) is 6.01 Å². The topological polar surface area (TPSA) is 174 Å². The van der Waals surface area contributed by atoms with Crippen molar-refractivity contribution in [3.8, 4) is 73.0 Å². The number of nitrogens with zero attached hydrogens (tertiary/aromatic N) is 7. The van der Waals surface area contributed by atoms with E-state index in [0.29, 0.717) is 12.6 Å². The summed E-state index contributed by atoms with van der Waals surface area (Å²) in [7, 11) is 3.85. The lowest BCUT2D eigenvalue weighted by molar-refractivity contribution is 0.317. The number of aryl methyl sites for hydroxylation is 6. The molecule has 0 saturated carbocycles. The van der Waals surface area contributed by atoms with Gasteiger partial charge >= 0.3 is 5.69 Å². The van der Waals surface area contributed by atoms with E-state index in [4.69, 9.17) is 18.8 Å². The van der Waals surface area contributed by atoms with Crippen molar-refractivity contribution < 1.29 is 13.8 Å². The summed E-state index contributed by atoms with van der Waals surface area (Å²) >= 11 is 0. The van der Waals surface area contributed by atoms with E-state index in [1.807, 2.05) is 113 Å². The van der Waals surface area contributed by atoms with Gasteiger partial charge in [-0.3, -0.25) is 9.36 Å². The van der Waals surface area contributed by atoms with Crippen molar-refractivity contribution in [1.82, 2.24) is 49.8 Å². The molecule has 3 N–H and O–H groups in total. The molecule has 0 amide bonds. The summed E-state index contributed by atoms with van der Waals surface area (Å²) in [5.41, 5.74) is 16.4. The van der Waals surface area contributed by atoms with E-state index in [-0.39, 0.29) is 18.1 Å². The Bertz CT molecular complexity index is 3180. The van der Waals surface area contributed by atoms with Crippen LogP contribution in [0.4, 0.5) is 0 Å². The number of rotatable bonds is 8. The molecular weight excluding hydrogens is 792 g/mol. The van der Waals surface area contributed by atoms with Gasteiger partial charge in [-0.1, -0.05) is 71.0 Å². The second-order valence-corrected chi connectivity index (χ2v) is 14.6. The summed E-state index contributed by atoms with van der Waals surface area (Å²) in [6.45, 7) is 10.2. The number of hydrogen-bond donors (Lipinski definition) is 3. The normalized spacial score (nSPS) is 11.2. The van der Waals surface area contributed by atoms with Gasteiger partial charge in [0.25, 0.3) is 6.01 Å². The minimum absolute atomic E-state index is 0. The number of nitrogens with one attached hydrogen (secondary N) is 3. The van der Waals surface area contributed by atoms with Gasteiger partial charge in [0, 0.05) is 47.5 Å². The number of imidazole rings is 2. The number of H-pyrrole nitrogens is 3. The molecule has 6 aromatic heterocycles. The minimum atomic E-state index is -0.249. The van der Waals surface area contributed by atoms with Crippen LogP contribution in [0, 0.1) is 27.7 Å². The Morgan fingerprint density at radius 3 is 1.64 bits per heavy atom. The lowest BCUT2D eigenvalue weighted by Gasteiger charge is -2.11. The molecule has 0 aliphatic heterocycles. The molecule has 0 saturated heterocycles. The number of aromatic amines is 3. The average molecular weight is 835 g/mol. The van der Waals surface area contributed by atoms with E-state index in [1.54, 1.807) is 0 Å². The van der Waals surface area contributed by atoms with Crippen LogP contribution in [0.25, 0.3) is 89.1 Å². The predicted octanol–water partition coefficient (Wildman–Crippen LogP) is 9.92. The maximum atomic E-state index is 12.1. The van der Waals surface area contributed by atoms with Crippen molar-refractivity contribution in [3.63, 3.8) is 0 Å². The zero-order chi connectivity index (χ0) is 41.7. The molecule has 61 heavy (non-hydrogen) atoms. The Kier molecular flexibility index (Phi) is 10.8. The van der Waals surface area contributed by atoms with E-state index in [0.717, 1.165) is 112 Å². The van der Waals surface area contributed by atoms with E-state index >= 15 is 0 Å². The van der Waals surface area contributed by atoms with Crippen LogP contribution in [-0.2, 0) is 14.1 Å². The molecule has 0 bridgehead atoms. The highest BCUT2D eigenvalue weighted by Crippen LogP contribution is 2.41. The quantitative estimate of drug-likeness (QED) is 0.135. The first kappa shape index (κ1) is 40.3. The number of benzene rings is 4. The lowest BCUT2D eigenvalue weighted by atomic mass is 9.96. The maximum Gasteiger partial charge on any atom is 0.323 e. The van der Waals surface area contributed by atoms with Gasteiger partial charge in [-0.15, -0.1) is 12.4 Å². The number of ether oxygens (including phenoxy) is 1. The molecule has 0 fully saturated rings. The Hall–Kier alpha value is -7.45. The minimum Gasteiger partial charge on any atom is -0.465 e. The van der Waals surface area contributed by atoms with Gasteiger partial charge in [0.15, 0.2) is 0 Å². The molecule has 10 rings (SSSR count). The fourth-order valence-electron chi connectivity index (χ4n) is 8.06. The molecule has 308 valence electrons. The third kappa shape index (κ3) is 7.31. The highest BCUT2D eigenvalue weighted by atomic mass is 35.5. The Morgan fingerprint density at radius 2 is 1.13 bits per heavy atom. The standard InChI is InChI=1S/C24H23N5O2.C22H19N5O2.ClH/c1-5-30-24-26-20-12-17(21-14(2)28-31-15(21)3)11-18(22(20)27-24)23-19(13-25-29(23)4)16-9-7-6-8-10-16;1-12-19(13(2)29-26-12)15-9-16(20-18(10-15)24-22(28)25-20)21-17(11-23-27(21)3)14-7-5-4-6-8-14;/h6-13H,5H2,1-4H3,(H,26,27);4-11H,1-3H3,(H2,24,25,28);1H. The zero-order valence-electron chi connectivity index (χ0n) is 34.6. The number of aromatic nitrogens is 10. The second-order valence-electron chi connectivity index (χ2n) is 14.6. The van der Waals surface area contributed by atoms with Gasteiger partial charge in [0.2, 0.25) is 0 Å². The van der Waals surface area contributed by atoms with Gasteiger partial charge in [-0.2, -0.15) is 15.2 Å². The van der Waals surface area contributed by atoms with Crippen LogP contribution in [0.15, 0.2) is 111 Å². The fraction of sp³-hybridized carbons (Fsp3) is 0.174. The van der Waals surface area contributed by atoms with Gasteiger partial charge in [0.05, 0.1) is 58.3 Å². The molecule has 15 heteroatoms. The van der Waals surface area contributed by atoms with Crippen LogP contribution < -0.4 is 10.4 Å². The van der Waals surface area contributed by atoms with E-state index in [2.05, 4.69) is 77.9 Å². The van der Waals surface area contributed by atoms with Crippen molar-refractivity contribution in [1.29, 1.82) is 0 Å². The van der Waals surface area contributed by atoms with Gasteiger partial charge in [-0.25, -0.2) is 4.79 Å². The van der Waals surface area contributed by atoms with Crippen molar-refractivity contribution in [3.05, 3.63) is 131 Å². The molecule has 14 nitrogen and oxygen atoms in total. The van der Waals surface area contributed by atoms with Gasteiger partial charge in [-0.05, 0) is 81.1 Å². The second kappa shape index (κ2) is 16.3. The van der Waals surface area contributed by atoms with E-state index in [1.165, 1.54) is 0 Å².